The van der Waals surface area contributed by atoms with Gasteiger partial charge in [0.15, 0.2) is 9.04 Å². The van der Waals surface area contributed by atoms with Crippen molar-refractivity contribution in [2.24, 2.45) is 0 Å². The Morgan fingerprint density at radius 2 is 2.14 bits per heavy atom. The van der Waals surface area contributed by atoms with Crippen LogP contribution in [0.5, 0.6) is 0 Å². The highest BCUT2D eigenvalue weighted by Gasteiger charge is 2.17. The molecule has 0 spiro atoms. The third-order valence-corrected chi connectivity index (χ3v) is 4.13. The van der Waals surface area contributed by atoms with Crippen LogP contribution >= 0.6 is 0 Å². The Labute approximate surface area is 90.6 Å². The molecule has 0 heterocycles. The number of hydrogen-bond donors (Lipinski definition) is 0. The summed E-state index contributed by atoms with van der Waals surface area (Å²) in [6.07, 6.45) is 0.838. The van der Waals surface area contributed by atoms with Crippen LogP contribution in [-0.2, 0) is 14.0 Å². The molecule has 3 nitrogen and oxygen atoms in total. The summed E-state index contributed by atoms with van der Waals surface area (Å²) < 4.78 is 10.6. The van der Waals surface area contributed by atoms with Gasteiger partial charge in [0, 0.05) is 10.2 Å². The van der Waals surface area contributed by atoms with Crippen molar-refractivity contribution < 1.29 is 14.0 Å². The van der Waals surface area contributed by atoms with Gasteiger partial charge in [0.05, 0.1) is 17.9 Å². The lowest BCUT2D eigenvalue weighted by atomic mass is 10.3. The third kappa shape index (κ3) is 5.36. The number of carbonyl (C=O) groups is 1. The number of ether oxygens (including phenoxy) is 1. The van der Waals surface area contributed by atoms with Gasteiger partial charge in [-0.05, 0) is 19.5 Å². The highest BCUT2D eigenvalue weighted by Crippen LogP contribution is 2.05. The Morgan fingerprint density at radius 3 is 2.57 bits per heavy atom. The van der Waals surface area contributed by atoms with E-state index in [1.54, 1.807) is 0 Å². The Balaban J connectivity index is 3.98. The van der Waals surface area contributed by atoms with Gasteiger partial charge >= 0.3 is 5.97 Å². The molecular weight excluding hydrogens is 212 g/mol. The zero-order valence-corrected chi connectivity index (χ0v) is 12.7. The molecule has 0 rings (SSSR count). The molecule has 1 unspecified atom stereocenters. The first kappa shape index (κ1) is 13.6. The van der Waals surface area contributed by atoms with Crippen LogP contribution < -0.4 is 0 Å². The van der Waals surface area contributed by atoms with Gasteiger partial charge in [-0.2, -0.15) is 0 Å². The van der Waals surface area contributed by atoms with Crippen LogP contribution in [0.3, 0.4) is 0 Å². The molecule has 1 atom stereocenters. The normalized spacial score (nSPS) is 12.9. The molecule has 0 saturated heterocycles. The molecule has 0 amide bonds. The lowest BCUT2D eigenvalue weighted by Crippen LogP contribution is -2.27. The Morgan fingerprint density at radius 1 is 1.57 bits per heavy atom. The number of carbonyl (C=O) groups excluding carboxylic acids is 1. The first-order valence-electron chi connectivity index (χ1n) is 5.00. The monoisotopic (exact) mass is 232 g/mol. The predicted molar refractivity (Wildman–Crippen MR) is 64.1 cm³/mol. The Hall–Kier alpha value is -0.396. The van der Waals surface area contributed by atoms with Crippen LogP contribution in [0.2, 0.25) is 13.1 Å². The van der Waals surface area contributed by atoms with Gasteiger partial charge in [-0.1, -0.05) is 13.5 Å². The van der Waals surface area contributed by atoms with Gasteiger partial charge in [-0.15, -0.1) is 0 Å². The maximum atomic E-state index is 11.4. The first-order valence-corrected chi connectivity index (χ1v) is 8.94. The van der Waals surface area contributed by atoms with Crippen molar-refractivity contribution in [1.82, 2.24) is 0 Å². The molecular formula is C9H20O3Si2. The van der Waals surface area contributed by atoms with Crippen molar-refractivity contribution >= 4 is 25.3 Å². The minimum Gasteiger partial charge on any atom is -0.462 e. The summed E-state index contributed by atoms with van der Waals surface area (Å²) >= 11 is 0. The fourth-order valence-corrected chi connectivity index (χ4v) is 3.79. The average Bonchev–Trinajstić information content (AvgIpc) is 2.11. The summed E-state index contributed by atoms with van der Waals surface area (Å²) in [5.41, 5.74) is 0.400. The molecule has 0 aromatic heterocycles. The quantitative estimate of drug-likeness (QED) is 0.372. The second kappa shape index (κ2) is 6.97. The maximum absolute atomic E-state index is 11.4. The van der Waals surface area contributed by atoms with Crippen LogP contribution in [0.15, 0.2) is 12.2 Å². The van der Waals surface area contributed by atoms with Crippen LogP contribution in [0.1, 0.15) is 13.3 Å². The fraction of sp³-hybridized carbons (Fsp3) is 0.667. The molecule has 0 saturated carbocycles. The van der Waals surface area contributed by atoms with E-state index in [1.165, 1.54) is 0 Å². The van der Waals surface area contributed by atoms with Crippen molar-refractivity contribution in [1.29, 1.82) is 0 Å². The second-order valence-corrected chi connectivity index (χ2v) is 6.91. The standard InChI is InChI=1S/C9H20O3Si2/c1-5-6-11-8(10)7(2)9(13)12-14(3)4/h9,14H,2,5-6H2,1,3-4,13H3. The Bertz CT molecular complexity index is 204. The van der Waals surface area contributed by atoms with Gasteiger partial charge in [0.1, 0.15) is 0 Å². The topological polar surface area (TPSA) is 35.5 Å². The van der Waals surface area contributed by atoms with E-state index in [0.717, 1.165) is 16.7 Å². The Kier molecular flexibility index (Phi) is 6.77. The lowest BCUT2D eigenvalue weighted by molar-refractivity contribution is -0.139. The largest absolute Gasteiger partial charge is 0.462 e. The lowest BCUT2D eigenvalue weighted by Gasteiger charge is -2.17. The second-order valence-electron chi connectivity index (χ2n) is 3.49. The van der Waals surface area contributed by atoms with Crippen LogP contribution in [0, 0.1) is 0 Å². The zero-order chi connectivity index (χ0) is 11.1. The number of esters is 1. The number of hydrogen-bond acceptors (Lipinski definition) is 3. The highest BCUT2D eigenvalue weighted by atomic mass is 28.3. The summed E-state index contributed by atoms with van der Waals surface area (Å²) in [6.45, 7) is 10.3. The molecule has 0 aliphatic rings. The molecule has 0 N–H and O–H groups in total. The molecule has 0 bridgehead atoms. The van der Waals surface area contributed by atoms with Crippen LogP contribution in [0.25, 0.3) is 0 Å². The molecule has 5 heteroatoms. The minimum absolute atomic E-state index is 0.0778. The molecule has 82 valence electrons. The van der Waals surface area contributed by atoms with Gasteiger partial charge in [0.25, 0.3) is 0 Å². The van der Waals surface area contributed by atoms with Gasteiger partial charge in [0.2, 0.25) is 0 Å². The van der Waals surface area contributed by atoms with E-state index in [0.29, 0.717) is 12.2 Å². The van der Waals surface area contributed by atoms with Crippen molar-refractivity contribution in [2.45, 2.75) is 32.2 Å². The van der Waals surface area contributed by atoms with Crippen molar-refractivity contribution in [2.75, 3.05) is 6.61 Å². The molecule has 0 aliphatic carbocycles. The smallest absolute Gasteiger partial charge is 0.335 e. The minimum atomic E-state index is -1.09. The van der Waals surface area contributed by atoms with E-state index in [9.17, 15) is 4.79 Å². The third-order valence-electron chi connectivity index (χ3n) is 1.67. The summed E-state index contributed by atoms with van der Waals surface area (Å²) in [4.78, 5) is 11.4. The van der Waals surface area contributed by atoms with Gasteiger partial charge < -0.3 is 9.16 Å². The molecule has 0 aromatic rings. The van der Waals surface area contributed by atoms with Gasteiger partial charge in [-0.25, -0.2) is 4.79 Å². The fourth-order valence-electron chi connectivity index (χ4n) is 0.944. The summed E-state index contributed by atoms with van der Waals surface area (Å²) in [5, 5.41) is 0. The van der Waals surface area contributed by atoms with E-state index < -0.39 is 9.04 Å². The highest BCUT2D eigenvalue weighted by molar-refractivity contribution is 6.49. The maximum Gasteiger partial charge on any atom is 0.335 e. The van der Waals surface area contributed by atoms with E-state index in [4.69, 9.17) is 9.16 Å². The number of rotatable bonds is 6. The average molecular weight is 232 g/mol. The van der Waals surface area contributed by atoms with Crippen molar-refractivity contribution in [3.05, 3.63) is 12.2 Å². The summed E-state index contributed by atoms with van der Waals surface area (Å²) in [6, 6.07) is 0. The summed E-state index contributed by atoms with van der Waals surface area (Å²) in [7, 11) is -0.297. The molecule has 14 heavy (non-hydrogen) atoms. The first-order chi connectivity index (χ1) is 6.49. The zero-order valence-electron chi connectivity index (χ0n) is 9.50. The SMILES string of the molecule is C=C(C(=O)OCCC)C([SiH3])O[SiH](C)C. The van der Waals surface area contributed by atoms with Crippen molar-refractivity contribution in [3.63, 3.8) is 0 Å². The summed E-state index contributed by atoms with van der Waals surface area (Å²) in [5.74, 6) is -0.304. The van der Waals surface area contributed by atoms with E-state index in [1.807, 2.05) is 6.92 Å². The van der Waals surface area contributed by atoms with E-state index >= 15 is 0 Å². The molecule has 0 radical (unpaired) electrons. The van der Waals surface area contributed by atoms with Crippen LogP contribution in [-0.4, -0.2) is 37.6 Å². The molecule has 0 fully saturated rings. The molecule has 0 aliphatic heterocycles. The van der Waals surface area contributed by atoms with Gasteiger partial charge in [-0.3, -0.25) is 0 Å². The predicted octanol–water partition coefficient (Wildman–Crippen LogP) is 0.187. The molecule has 0 aromatic carbocycles. The van der Waals surface area contributed by atoms with Crippen LogP contribution in [0.4, 0.5) is 0 Å². The van der Waals surface area contributed by atoms with E-state index in [2.05, 4.69) is 19.7 Å². The van der Waals surface area contributed by atoms with E-state index in [-0.39, 0.29) is 11.7 Å². The van der Waals surface area contributed by atoms with Crippen molar-refractivity contribution in [3.8, 4) is 0 Å².